The van der Waals surface area contributed by atoms with Gasteiger partial charge in [0, 0.05) is 24.1 Å². The zero-order chi connectivity index (χ0) is 21.4. The van der Waals surface area contributed by atoms with Crippen molar-refractivity contribution in [1.82, 2.24) is 4.57 Å². The molecule has 0 saturated heterocycles. The van der Waals surface area contributed by atoms with Crippen LogP contribution in [0.5, 0.6) is 11.5 Å². The number of methoxy groups -OCH3 is 1. The number of nitro benzene ring substituents is 1. The number of pyridine rings is 1. The van der Waals surface area contributed by atoms with Gasteiger partial charge < -0.3 is 14.0 Å². The Balaban J connectivity index is 2.56. The molecule has 1 heterocycles. The minimum Gasteiger partial charge on any atom is -0.492 e. The molecule has 29 heavy (non-hydrogen) atoms. The van der Waals surface area contributed by atoms with E-state index in [9.17, 15) is 14.9 Å². The Morgan fingerprint density at radius 1 is 1.14 bits per heavy atom. The van der Waals surface area contributed by atoms with E-state index < -0.39 is 4.92 Å². The third-order valence-corrected chi connectivity index (χ3v) is 5.11. The fraction of sp³-hybridized carbons (Fsp3) is 0.591. The van der Waals surface area contributed by atoms with Crippen LogP contribution in [0.15, 0.2) is 23.0 Å². The summed E-state index contributed by atoms with van der Waals surface area (Å²) in [6.07, 6.45) is 6.05. The molecule has 7 heteroatoms. The van der Waals surface area contributed by atoms with Gasteiger partial charge in [-0.15, -0.1) is 0 Å². The Hall–Kier alpha value is -2.57. The van der Waals surface area contributed by atoms with Gasteiger partial charge in [-0.3, -0.25) is 14.9 Å². The van der Waals surface area contributed by atoms with Gasteiger partial charge in [-0.2, -0.15) is 0 Å². The second-order valence-corrected chi connectivity index (χ2v) is 7.54. The van der Waals surface area contributed by atoms with Crippen molar-refractivity contribution in [2.24, 2.45) is 5.92 Å². The highest BCUT2D eigenvalue weighted by atomic mass is 16.6. The molecular formula is C22H32N2O5. The molecule has 0 radical (unpaired) electrons. The Bertz CT molecular complexity index is 891. The zero-order valence-electron chi connectivity index (χ0n) is 17.9. The van der Waals surface area contributed by atoms with E-state index in [2.05, 4.69) is 20.8 Å². The molecule has 2 rings (SSSR count). The molecule has 7 nitrogen and oxygen atoms in total. The molecule has 0 aliphatic heterocycles. The molecule has 0 spiro atoms. The van der Waals surface area contributed by atoms with Gasteiger partial charge >= 0.3 is 0 Å². The van der Waals surface area contributed by atoms with Crippen LogP contribution >= 0.6 is 0 Å². The minimum absolute atomic E-state index is 0.0495. The van der Waals surface area contributed by atoms with Crippen molar-refractivity contribution in [3.8, 4) is 11.5 Å². The second-order valence-electron chi connectivity index (χ2n) is 7.54. The van der Waals surface area contributed by atoms with E-state index in [1.54, 1.807) is 10.6 Å². The molecule has 0 aliphatic rings. The van der Waals surface area contributed by atoms with Gasteiger partial charge in [-0.25, -0.2) is 0 Å². The first-order valence-corrected chi connectivity index (χ1v) is 10.5. The van der Waals surface area contributed by atoms with Crippen LogP contribution in [0.4, 0.5) is 5.69 Å². The van der Waals surface area contributed by atoms with E-state index in [4.69, 9.17) is 9.47 Å². The minimum atomic E-state index is -0.450. The molecule has 2 aromatic rings. The van der Waals surface area contributed by atoms with Crippen molar-refractivity contribution >= 4 is 16.6 Å². The maximum atomic E-state index is 13.3. The van der Waals surface area contributed by atoms with Crippen molar-refractivity contribution in [3.63, 3.8) is 0 Å². The summed E-state index contributed by atoms with van der Waals surface area (Å²) in [6, 6.07) is 4.51. The molecule has 1 aromatic carbocycles. The number of unbranched alkanes of at least 4 members (excludes halogenated alkanes) is 3. The molecule has 0 bridgehead atoms. The number of hydrogen-bond acceptors (Lipinski definition) is 5. The normalized spacial score (nSPS) is 12.1. The van der Waals surface area contributed by atoms with E-state index >= 15 is 0 Å². The highest BCUT2D eigenvalue weighted by molar-refractivity contribution is 5.89. The van der Waals surface area contributed by atoms with Crippen molar-refractivity contribution in [2.45, 2.75) is 65.8 Å². The fourth-order valence-corrected chi connectivity index (χ4v) is 3.55. The molecule has 1 unspecified atom stereocenters. The predicted octanol–water partition coefficient (Wildman–Crippen LogP) is 5.31. The molecule has 160 valence electrons. The van der Waals surface area contributed by atoms with Gasteiger partial charge in [0.15, 0.2) is 5.75 Å². The van der Waals surface area contributed by atoms with Gasteiger partial charge in [-0.05, 0) is 24.8 Å². The summed E-state index contributed by atoms with van der Waals surface area (Å²) >= 11 is 0. The number of hydrogen-bond donors (Lipinski definition) is 0. The number of non-ortho nitro benzene ring substituents is 1. The quantitative estimate of drug-likeness (QED) is 0.272. The lowest BCUT2D eigenvalue weighted by molar-refractivity contribution is -0.384. The number of rotatable bonds is 12. The Kier molecular flexibility index (Phi) is 8.49. The number of nitrogens with zero attached hydrogens (tertiary/aromatic N) is 2. The maximum absolute atomic E-state index is 13.3. The Morgan fingerprint density at radius 3 is 2.52 bits per heavy atom. The Labute approximate surface area is 171 Å². The number of aryl methyl sites for hydroxylation is 1. The summed E-state index contributed by atoms with van der Waals surface area (Å²) in [5, 5.41) is 11.9. The first-order chi connectivity index (χ1) is 13.9. The first-order valence-electron chi connectivity index (χ1n) is 10.5. The number of ether oxygens (including phenoxy) is 2. The SMILES string of the molecule is CCCCCCn1c(=O)c(OCC(C)CCC)c(OC)c2ccc([N+](=O)[O-])cc21. The molecule has 1 aromatic heterocycles. The monoisotopic (exact) mass is 404 g/mol. The molecule has 0 fully saturated rings. The molecule has 0 aliphatic carbocycles. The number of aromatic nitrogens is 1. The van der Waals surface area contributed by atoms with E-state index in [0.29, 0.717) is 35.7 Å². The van der Waals surface area contributed by atoms with Crippen LogP contribution in [0.25, 0.3) is 10.9 Å². The van der Waals surface area contributed by atoms with Crippen molar-refractivity contribution < 1.29 is 14.4 Å². The fourth-order valence-electron chi connectivity index (χ4n) is 3.55. The Morgan fingerprint density at radius 2 is 1.90 bits per heavy atom. The molecular weight excluding hydrogens is 372 g/mol. The van der Waals surface area contributed by atoms with E-state index in [1.165, 1.54) is 19.2 Å². The standard InChI is InChI=1S/C22H32N2O5/c1-5-7-8-9-13-23-19-14-17(24(26)27)11-12-18(19)20(28-4)21(22(23)25)29-15-16(3)10-6-2/h11-12,14,16H,5-10,13,15H2,1-4H3. The molecule has 1 atom stereocenters. The van der Waals surface area contributed by atoms with Gasteiger partial charge in [0.1, 0.15) is 0 Å². The van der Waals surface area contributed by atoms with Crippen molar-refractivity contribution in [2.75, 3.05) is 13.7 Å². The van der Waals surface area contributed by atoms with E-state index in [-0.39, 0.29) is 17.0 Å². The summed E-state index contributed by atoms with van der Waals surface area (Å²) in [5.74, 6) is 0.843. The summed E-state index contributed by atoms with van der Waals surface area (Å²) in [6.45, 7) is 7.24. The lowest BCUT2D eigenvalue weighted by Gasteiger charge is -2.19. The third-order valence-electron chi connectivity index (χ3n) is 5.11. The van der Waals surface area contributed by atoms with Crippen LogP contribution in [-0.4, -0.2) is 23.2 Å². The van der Waals surface area contributed by atoms with E-state index in [0.717, 1.165) is 38.5 Å². The summed E-state index contributed by atoms with van der Waals surface area (Å²) < 4.78 is 13.1. The third kappa shape index (κ3) is 5.49. The lowest BCUT2D eigenvalue weighted by Crippen LogP contribution is -2.25. The van der Waals surface area contributed by atoms with Gasteiger partial charge in [0.25, 0.3) is 11.2 Å². The highest BCUT2D eigenvalue weighted by Crippen LogP contribution is 2.34. The largest absolute Gasteiger partial charge is 0.492 e. The van der Waals surface area contributed by atoms with Crippen LogP contribution in [-0.2, 0) is 6.54 Å². The maximum Gasteiger partial charge on any atom is 0.297 e. The van der Waals surface area contributed by atoms with Gasteiger partial charge in [0.2, 0.25) is 5.75 Å². The van der Waals surface area contributed by atoms with E-state index in [1.807, 2.05) is 0 Å². The number of fused-ring (bicyclic) bond motifs is 1. The van der Waals surface area contributed by atoms with Crippen LogP contribution in [0.2, 0.25) is 0 Å². The average Bonchev–Trinajstić information content (AvgIpc) is 2.70. The zero-order valence-corrected chi connectivity index (χ0v) is 17.9. The molecule has 0 saturated carbocycles. The van der Waals surface area contributed by atoms with Crippen molar-refractivity contribution in [1.29, 1.82) is 0 Å². The predicted molar refractivity (Wildman–Crippen MR) is 115 cm³/mol. The van der Waals surface area contributed by atoms with Crippen LogP contribution < -0.4 is 15.0 Å². The molecule has 0 N–H and O–H groups in total. The van der Waals surface area contributed by atoms with Gasteiger partial charge in [0.05, 0.1) is 24.2 Å². The van der Waals surface area contributed by atoms with Crippen LogP contribution in [0.3, 0.4) is 0 Å². The number of benzene rings is 1. The second kappa shape index (κ2) is 10.8. The smallest absolute Gasteiger partial charge is 0.297 e. The highest BCUT2D eigenvalue weighted by Gasteiger charge is 2.21. The van der Waals surface area contributed by atoms with Crippen molar-refractivity contribution in [3.05, 3.63) is 38.7 Å². The average molecular weight is 405 g/mol. The summed E-state index contributed by atoms with van der Waals surface area (Å²) in [7, 11) is 1.49. The number of nitro groups is 1. The summed E-state index contributed by atoms with van der Waals surface area (Å²) in [4.78, 5) is 24.1. The lowest BCUT2D eigenvalue weighted by atomic mass is 10.1. The first kappa shape index (κ1) is 22.7. The van der Waals surface area contributed by atoms with Crippen LogP contribution in [0, 0.1) is 16.0 Å². The van der Waals surface area contributed by atoms with Crippen LogP contribution in [0.1, 0.15) is 59.3 Å². The summed E-state index contributed by atoms with van der Waals surface area (Å²) in [5.41, 5.74) is 0.160. The van der Waals surface area contributed by atoms with Gasteiger partial charge in [-0.1, -0.05) is 46.5 Å². The molecule has 0 amide bonds. The topological polar surface area (TPSA) is 83.6 Å².